The van der Waals surface area contributed by atoms with Crippen molar-refractivity contribution in [3.05, 3.63) is 58.1 Å². The zero-order valence-electron chi connectivity index (χ0n) is 11.6. The molecule has 1 atom stereocenters. The lowest BCUT2D eigenvalue weighted by atomic mass is 9.97. The number of phenolic OH excluding ortho intramolecular Hbond substituents is 1. The first kappa shape index (κ1) is 15.5. The zero-order chi connectivity index (χ0) is 15.4. The van der Waals surface area contributed by atoms with Gasteiger partial charge in [-0.3, -0.25) is 0 Å². The lowest BCUT2D eigenvalue weighted by Gasteiger charge is -2.16. The van der Waals surface area contributed by atoms with Crippen molar-refractivity contribution in [3.63, 3.8) is 0 Å². The molecule has 5 heteroatoms. The van der Waals surface area contributed by atoms with Crippen molar-refractivity contribution in [3.8, 4) is 11.5 Å². The molecule has 0 saturated carbocycles. The molecule has 2 rings (SSSR count). The monoisotopic (exact) mass is 348 g/mol. The van der Waals surface area contributed by atoms with Crippen LogP contribution in [0.15, 0.2) is 46.9 Å². The van der Waals surface area contributed by atoms with Crippen molar-refractivity contribution in [1.82, 2.24) is 0 Å². The second kappa shape index (κ2) is 6.74. The first-order valence-corrected chi connectivity index (χ1v) is 7.27. The number of ether oxygens (including phenoxy) is 1. The van der Waals surface area contributed by atoms with Crippen molar-refractivity contribution < 1.29 is 9.84 Å². The van der Waals surface area contributed by atoms with E-state index in [1.54, 1.807) is 18.2 Å². The molecule has 2 aromatic carbocycles. The van der Waals surface area contributed by atoms with Crippen LogP contribution in [0.2, 0.25) is 0 Å². The number of nitrogens with one attached hydrogen (secondary N) is 1. The Morgan fingerprint density at radius 1 is 1.29 bits per heavy atom. The van der Waals surface area contributed by atoms with Crippen LogP contribution in [0, 0.1) is 5.41 Å². The van der Waals surface area contributed by atoms with Gasteiger partial charge in [-0.15, -0.1) is 0 Å². The SMILES string of the molecule is COc1cccc(C(N)CC(=N)c2ccc(Br)cc2)c1O. The summed E-state index contributed by atoms with van der Waals surface area (Å²) in [5, 5.41) is 18.2. The quantitative estimate of drug-likeness (QED) is 0.722. The van der Waals surface area contributed by atoms with E-state index in [9.17, 15) is 5.11 Å². The van der Waals surface area contributed by atoms with Gasteiger partial charge in [0.1, 0.15) is 0 Å². The average molecular weight is 349 g/mol. The molecule has 2 aromatic rings. The van der Waals surface area contributed by atoms with Crippen LogP contribution in [0.1, 0.15) is 23.6 Å². The number of rotatable bonds is 5. The summed E-state index contributed by atoms with van der Waals surface area (Å²) in [4.78, 5) is 0. The van der Waals surface area contributed by atoms with E-state index in [0.717, 1.165) is 10.0 Å². The van der Waals surface area contributed by atoms with Gasteiger partial charge in [-0.1, -0.05) is 40.2 Å². The van der Waals surface area contributed by atoms with Crippen LogP contribution in [0.25, 0.3) is 0 Å². The van der Waals surface area contributed by atoms with Crippen LogP contribution in [0.3, 0.4) is 0 Å². The highest BCUT2D eigenvalue weighted by atomic mass is 79.9. The molecule has 0 spiro atoms. The highest BCUT2D eigenvalue weighted by Crippen LogP contribution is 2.34. The maximum Gasteiger partial charge on any atom is 0.162 e. The van der Waals surface area contributed by atoms with Crippen LogP contribution < -0.4 is 10.5 Å². The summed E-state index contributed by atoms with van der Waals surface area (Å²) in [6.07, 6.45) is 0.336. The van der Waals surface area contributed by atoms with Gasteiger partial charge in [0, 0.05) is 28.2 Å². The molecular formula is C16H17BrN2O2. The molecule has 4 nitrogen and oxygen atoms in total. The van der Waals surface area contributed by atoms with Crippen molar-refractivity contribution >= 4 is 21.6 Å². The van der Waals surface area contributed by atoms with E-state index in [4.69, 9.17) is 15.9 Å². The fraction of sp³-hybridized carbons (Fsp3) is 0.188. The fourth-order valence-electron chi connectivity index (χ4n) is 2.10. The van der Waals surface area contributed by atoms with Gasteiger partial charge in [0.25, 0.3) is 0 Å². The van der Waals surface area contributed by atoms with Gasteiger partial charge in [0.05, 0.1) is 7.11 Å². The molecule has 0 fully saturated rings. The van der Waals surface area contributed by atoms with E-state index in [2.05, 4.69) is 15.9 Å². The third-order valence-corrected chi connectivity index (χ3v) is 3.79. The third kappa shape index (κ3) is 3.62. The Balaban J connectivity index is 2.16. The minimum absolute atomic E-state index is 0.0381. The van der Waals surface area contributed by atoms with Crippen molar-refractivity contribution in [2.24, 2.45) is 5.73 Å². The van der Waals surface area contributed by atoms with E-state index in [1.165, 1.54) is 7.11 Å². The van der Waals surface area contributed by atoms with E-state index < -0.39 is 6.04 Å². The standard InChI is InChI=1S/C16H17BrN2O2/c1-21-15-4-2-3-12(16(15)20)14(19)9-13(18)10-5-7-11(17)8-6-10/h2-8,14,18,20H,9,19H2,1H3. The number of hydrogen-bond donors (Lipinski definition) is 3. The average Bonchev–Trinajstić information content (AvgIpc) is 2.48. The summed E-state index contributed by atoms with van der Waals surface area (Å²) in [5.41, 5.74) is 7.95. The molecule has 0 bridgehead atoms. The Morgan fingerprint density at radius 3 is 2.57 bits per heavy atom. The molecular weight excluding hydrogens is 332 g/mol. The Bertz CT molecular complexity index is 641. The van der Waals surface area contributed by atoms with Crippen molar-refractivity contribution in [2.45, 2.75) is 12.5 Å². The van der Waals surface area contributed by atoms with E-state index in [-0.39, 0.29) is 5.75 Å². The second-order valence-corrected chi connectivity index (χ2v) is 5.61. The lowest BCUT2D eigenvalue weighted by Crippen LogP contribution is -2.16. The Hall–Kier alpha value is -1.85. The normalized spacial score (nSPS) is 12.0. The molecule has 0 radical (unpaired) electrons. The maximum absolute atomic E-state index is 10.1. The van der Waals surface area contributed by atoms with Crippen LogP contribution in [-0.2, 0) is 0 Å². The van der Waals surface area contributed by atoms with E-state index in [0.29, 0.717) is 23.4 Å². The number of para-hydroxylation sites is 1. The molecule has 21 heavy (non-hydrogen) atoms. The van der Waals surface area contributed by atoms with Gasteiger partial charge in [0.15, 0.2) is 11.5 Å². The molecule has 0 aromatic heterocycles. The maximum atomic E-state index is 10.1. The first-order valence-electron chi connectivity index (χ1n) is 6.47. The van der Waals surface area contributed by atoms with E-state index >= 15 is 0 Å². The van der Waals surface area contributed by atoms with Gasteiger partial charge in [-0.05, 0) is 23.8 Å². The third-order valence-electron chi connectivity index (χ3n) is 3.27. The minimum atomic E-state index is -0.462. The molecule has 4 N–H and O–H groups in total. The second-order valence-electron chi connectivity index (χ2n) is 4.69. The number of benzene rings is 2. The molecule has 0 aliphatic rings. The van der Waals surface area contributed by atoms with Crippen LogP contribution in [0.4, 0.5) is 0 Å². The molecule has 1 unspecified atom stereocenters. The summed E-state index contributed by atoms with van der Waals surface area (Å²) >= 11 is 3.37. The van der Waals surface area contributed by atoms with Gasteiger partial charge < -0.3 is 21.0 Å². The predicted octanol–water partition coefficient (Wildman–Crippen LogP) is 3.62. The van der Waals surface area contributed by atoms with Gasteiger partial charge >= 0.3 is 0 Å². The summed E-state index contributed by atoms with van der Waals surface area (Å²) in [5.74, 6) is 0.425. The van der Waals surface area contributed by atoms with Crippen LogP contribution in [0.5, 0.6) is 11.5 Å². The summed E-state index contributed by atoms with van der Waals surface area (Å²) < 4.78 is 6.04. The Labute approximate surface area is 132 Å². The van der Waals surface area contributed by atoms with Gasteiger partial charge in [0.2, 0.25) is 0 Å². The molecule has 110 valence electrons. The number of nitrogens with two attached hydrogens (primary N) is 1. The van der Waals surface area contributed by atoms with Crippen LogP contribution in [-0.4, -0.2) is 17.9 Å². The predicted molar refractivity (Wildman–Crippen MR) is 87.2 cm³/mol. The smallest absolute Gasteiger partial charge is 0.162 e. The Morgan fingerprint density at radius 2 is 1.95 bits per heavy atom. The van der Waals surface area contributed by atoms with E-state index in [1.807, 2.05) is 24.3 Å². The van der Waals surface area contributed by atoms with Gasteiger partial charge in [-0.25, -0.2) is 0 Å². The van der Waals surface area contributed by atoms with Crippen molar-refractivity contribution in [1.29, 1.82) is 5.41 Å². The van der Waals surface area contributed by atoms with Gasteiger partial charge in [-0.2, -0.15) is 0 Å². The van der Waals surface area contributed by atoms with Crippen molar-refractivity contribution in [2.75, 3.05) is 7.11 Å². The topological polar surface area (TPSA) is 79.3 Å². The zero-order valence-corrected chi connectivity index (χ0v) is 13.2. The Kier molecular flexibility index (Phi) is 4.98. The molecule has 0 saturated heterocycles. The minimum Gasteiger partial charge on any atom is -0.504 e. The summed E-state index contributed by atoms with van der Waals surface area (Å²) in [6.45, 7) is 0. The lowest BCUT2D eigenvalue weighted by molar-refractivity contribution is 0.368. The molecule has 0 aliphatic carbocycles. The summed E-state index contributed by atoms with van der Waals surface area (Å²) in [7, 11) is 1.49. The molecule has 0 aliphatic heterocycles. The fourth-order valence-corrected chi connectivity index (χ4v) is 2.37. The number of methoxy groups -OCH3 is 1. The summed E-state index contributed by atoms with van der Waals surface area (Å²) in [6, 6.07) is 12.2. The van der Waals surface area contributed by atoms with Crippen LogP contribution >= 0.6 is 15.9 Å². The largest absolute Gasteiger partial charge is 0.504 e. The highest BCUT2D eigenvalue weighted by Gasteiger charge is 2.16. The molecule has 0 amide bonds. The molecule has 0 heterocycles. The first-order chi connectivity index (χ1) is 10.0. The number of hydrogen-bond acceptors (Lipinski definition) is 4. The highest BCUT2D eigenvalue weighted by molar-refractivity contribution is 9.10. The number of aromatic hydroxyl groups is 1. The number of phenols is 1. The number of halogens is 1.